The molecule has 176 valence electrons. The Balaban J connectivity index is 1.28. The number of likely N-dealkylation sites (tertiary alicyclic amines) is 1. The molecule has 4 aromatic rings. The summed E-state index contributed by atoms with van der Waals surface area (Å²) in [5.74, 6) is 1.74. The lowest BCUT2D eigenvalue weighted by Crippen LogP contribution is -2.46. The van der Waals surface area contributed by atoms with Crippen LogP contribution in [0.1, 0.15) is 37.7 Å². The number of benzene rings is 1. The second-order valence-corrected chi connectivity index (χ2v) is 9.90. The number of hydrogen-bond acceptors (Lipinski definition) is 6. The lowest BCUT2D eigenvalue weighted by atomic mass is 10.00. The summed E-state index contributed by atoms with van der Waals surface area (Å²) in [5, 5.41) is 4.10. The third kappa shape index (κ3) is 3.97. The number of fused-ring (bicyclic) bond motifs is 3. The second kappa shape index (κ2) is 9.04. The Kier molecular flexibility index (Phi) is 5.75. The first kappa shape index (κ1) is 21.6. The molecule has 0 atom stereocenters. The van der Waals surface area contributed by atoms with Gasteiger partial charge in [-0.05, 0) is 69.5 Å². The predicted molar refractivity (Wildman–Crippen MR) is 138 cm³/mol. The zero-order chi connectivity index (χ0) is 23.1. The number of rotatable bonds is 4. The molecule has 34 heavy (non-hydrogen) atoms. The quantitative estimate of drug-likeness (QED) is 0.424. The highest BCUT2D eigenvalue weighted by Crippen LogP contribution is 2.31. The fourth-order valence-electron chi connectivity index (χ4n) is 5.43. The Bertz CT molecular complexity index is 1300. The first-order chi connectivity index (χ1) is 16.7. The normalized spacial score (nSPS) is 18.1. The van der Waals surface area contributed by atoms with Crippen molar-refractivity contribution in [2.75, 3.05) is 36.4 Å². The Hall–Kier alpha value is -2.90. The average Bonchev–Trinajstić information content (AvgIpc) is 3.38. The number of para-hydroxylation sites is 1. The maximum atomic E-state index is 6.46. The molecule has 8 heteroatoms. The number of aromatic nitrogens is 4. The van der Waals surface area contributed by atoms with Crippen LogP contribution in [0.3, 0.4) is 0 Å². The zero-order valence-corrected chi connectivity index (χ0v) is 20.3. The summed E-state index contributed by atoms with van der Waals surface area (Å²) in [4.78, 5) is 19.5. The van der Waals surface area contributed by atoms with Gasteiger partial charge in [0.1, 0.15) is 23.2 Å². The molecule has 2 aliphatic heterocycles. The fraction of sp³-hybridized carbons (Fsp3) is 0.423. The molecule has 2 fully saturated rings. The van der Waals surface area contributed by atoms with E-state index in [1.807, 2.05) is 42.0 Å². The summed E-state index contributed by atoms with van der Waals surface area (Å²) < 4.78 is 2.01. The molecule has 5 heterocycles. The number of pyridine rings is 1. The van der Waals surface area contributed by atoms with Crippen molar-refractivity contribution in [2.24, 2.45) is 0 Å². The second-order valence-electron chi connectivity index (χ2n) is 9.49. The van der Waals surface area contributed by atoms with Crippen molar-refractivity contribution in [1.29, 1.82) is 0 Å². The topological polar surface area (TPSA) is 61.6 Å². The Morgan fingerprint density at radius 3 is 2.59 bits per heavy atom. The van der Waals surface area contributed by atoms with E-state index in [9.17, 15) is 0 Å². The third-order valence-electron chi connectivity index (χ3n) is 7.34. The highest BCUT2D eigenvalue weighted by Gasteiger charge is 2.26. The number of nitrogens with one attached hydrogen (secondary N) is 1. The van der Waals surface area contributed by atoms with Crippen LogP contribution in [0.2, 0.25) is 5.02 Å². The smallest absolute Gasteiger partial charge is 0.166 e. The van der Waals surface area contributed by atoms with E-state index >= 15 is 0 Å². The maximum Gasteiger partial charge on any atom is 0.166 e. The summed E-state index contributed by atoms with van der Waals surface area (Å²) >= 11 is 6.46. The number of piperidine rings is 2. The molecule has 0 bridgehead atoms. The van der Waals surface area contributed by atoms with Crippen LogP contribution in [0, 0.1) is 6.92 Å². The van der Waals surface area contributed by atoms with Gasteiger partial charge in [0.25, 0.3) is 0 Å². The van der Waals surface area contributed by atoms with E-state index in [0.717, 1.165) is 58.7 Å². The van der Waals surface area contributed by atoms with Gasteiger partial charge in [0.2, 0.25) is 0 Å². The fourth-order valence-corrected chi connectivity index (χ4v) is 5.70. The van der Waals surface area contributed by atoms with Gasteiger partial charge in [-0.2, -0.15) is 0 Å². The molecule has 1 N–H and O–H groups in total. The first-order valence-electron chi connectivity index (χ1n) is 12.3. The Morgan fingerprint density at radius 1 is 0.971 bits per heavy atom. The van der Waals surface area contributed by atoms with Crippen LogP contribution in [0.15, 0.2) is 42.9 Å². The first-order valence-corrected chi connectivity index (χ1v) is 12.7. The molecule has 0 amide bonds. The predicted octanol–water partition coefficient (Wildman–Crippen LogP) is 5.44. The minimum Gasteiger partial charge on any atom is -0.356 e. The van der Waals surface area contributed by atoms with Gasteiger partial charge in [-0.1, -0.05) is 30.2 Å². The van der Waals surface area contributed by atoms with Crippen molar-refractivity contribution in [2.45, 2.75) is 45.1 Å². The lowest BCUT2D eigenvalue weighted by molar-refractivity contribution is 0.141. The molecule has 6 rings (SSSR count). The SMILES string of the molecule is Cc1cccc(Cl)c1Nc1nc2ccc(N3CCC(N4CCCCC4)CC3)nc2n2cncc12. The van der Waals surface area contributed by atoms with Crippen molar-refractivity contribution in [1.82, 2.24) is 24.3 Å². The van der Waals surface area contributed by atoms with E-state index < -0.39 is 0 Å². The van der Waals surface area contributed by atoms with Crippen molar-refractivity contribution >= 4 is 45.6 Å². The molecule has 0 unspecified atom stereocenters. The van der Waals surface area contributed by atoms with Gasteiger partial charge >= 0.3 is 0 Å². The summed E-state index contributed by atoms with van der Waals surface area (Å²) in [6.07, 6.45) is 10.1. The Labute approximate surface area is 204 Å². The lowest BCUT2D eigenvalue weighted by Gasteiger charge is -2.40. The van der Waals surface area contributed by atoms with Crippen LogP contribution in [0.4, 0.5) is 17.3 Å². The van der Waals surface area contributed by atoms with Crippen molar-refractivity contribution in [3.05, 3.63) is 53.4 Å². The van der Waals surface area contributed by atoms with E-state index in [2.05, 4.69) is 32.2 Å². The minimum absolute atomic E-state index is 0.668. The maximum absolute atomic E-state index is 6.46. The zero-order valence-electron chi connectivity index (χ0n) is 19.5. The molecule has 0 spiro atoms. The summed E-state index contributed by atoms with van der Waals surface area (Å²) in [6, 6.07) is 10.8. The van der Waals surface area contributed by atoms with Gasteiger partial charge in [0.15, 0.2) is 11.5 Å². The van der Waals surface area contributed by atoms with E-state index in [1.54, 1.807) is 0 Å². The number of nitrogens with zero attached hydrogens (tertiary/aromatic N) is 6. The molecular weight excluding hydrogens is 446 g/mol. The molecule has 2 aliphatic rings. The molecule has 0 aliphatic carbocycles. The van der Waals surface area contributed by atoms with Gasteiger partial charge in [-0.25, -0.2) is 15.0 Å². The van der Waals surface area contributed by atoms with Crippen molar-refractivity contribution < 1.29 is 0 Å². The van der Waals surface area contributed by atoms with E-state index in [1.165, 1.54) is 45.2 Å². The number of imidazole rings is 1. The number of halogens is 1. The van der Waals surface area contributed by atoms with Gasteiger partial charge in [-0.3, -0.25) is 4.40 Å². The minimum atomic E-state index is 0.668. The number of hydrogen-bond donors (Lipinski definition) is 1. The van der Waals surface area contributed by atoms with Crippen LogP contribution in [0.25, 0.3) is 16.7 Å². The summed E-state index contributed by atoms with van der Waals surface area (Å²) in [6.45, 7) is 6.67. The molecule has 3 aromatic heterocycles. The molecule has 0 saturated carbocycles. The van der Waals surface area contributed by atoms with Gasteiger partial charge in [-0.15, -0.1) is 0 Å². The van der Waals surface area contributed by atoms with Crippen LogP contribution in [-0.4, -0.2) is 56.5 Å². The van der Waals surface area contributed by atoms with Gasteiger partial charge < -0.3 is 15.1 Å². The van der Waals surface area contributed by atoms with Crippen LogP contribution in [0.5, 0.6) is 0 Å². The molecular formula is C26H30ClN7. The number of aryl methyl sites for hydroxylation is 1. The van der Waals surface area contributed by atoms with Crippen molar-refractivity contribution in [3.8, 4) is 0 Å². The van der Waals surface area contributed by atoms with E-state index in [0.29, 0.717) is 5.02 Å². The standard InChI is InChI=1S/C26H30ClN7/c1-18-6-5-7-20(27)24(18)31-25-22-16-28-17-34(22)26-21(29-25)8-9-23(30-26)33-14-10-19(11-15-33)32-12-3-2-4-13-32/h5-9,16-17,19H,2-4,10-15H2,1H3,(H,29,31). The van der Waals surface area contributed by atoms with Crippen LogP contribution >= 0.6 is 11.6 Å². The number of anilines is 3. The molecule has 0 radical (unpaired) electrons. The van der Waals surface area contributed by atoms with Crippen molar-refractivity contribution in [3.63, 3.8) is 0 Å². The monoisotopic (exact) mass is 475 g/mol. The largest absolute Gasteiger partial charge is 0.356 e. The molecule has 2 saturated heterocycles. The third-order valence-corrected chi connectivity index (χ3v) is 7.66. The highest BCUT2D eigenvalue weighted by atomic mass is 35.5. The average molecular weight is 476 g/mol. The summed E-state index contributed by atoms with van der Waals surface area (Å²) in [7, 11) is 0. The van der Waals surface area contributed by atoms with E-state index in [-0.39, 0.29) is 0 Å². The van der Waals surface area contributed by atoms with Crippen LogP contribution < -0.4 is 10.2 Å². The van der Waals surface area contributed by atoms with Gasteiger partial charge in [0, 0.05) is 19.1 Å². The van der Waals surface area contributed by atoms with E-state index in [4.69, 9.17) is 21.6 Å². The summed E-state index contributed by atoms with van der Waals surface area (Å²) in [5.41, 5.74) is 4.45. The molecule has 7 nitrogen and oxygen atoms in total. The van der Waals surface area contributed by atoms with Gasteiger partial charge in [0.05, 0.1) is 16.9 Å². The Morgan fingerprint density at radius 2 is 1.79 bits per heavy atom. The molecule has 1 aromatic carbocycles. The highest BCUT2D eigenvalue weighted by molar-refractivity contribution is 6.33. The van der Waals surface area contributed by atoms with Crippen LogP contribution in [-0.2, 0) is 0 Å².